The largest absolute Gasteiger partial charge is 0.377 e. The summed E-state index contributed by atoms with van der Waals surface area (Å²) in [6.45, 7) is 16.6. The zero-order chi connectivity index (χ0) is 18.0. The highest BCUT2D eigenvalue weighted by Crippen LogP contribution is 2.35. The minimum atomic E-state index is 0.461. The summed E-state index contributed by atoms with van der Waals surface area (Å²) in [5.74, 6) is 1.63. The summed E-state index contributed by atoms with van der Waals surface area (Å²) < 4.78 is 6.25. The Hall–Kier alpha value is -0.160. The lowest BCUT2D eigenvalue weighted by Gasteiger charge is -2.51. The predicted molar refractivity (Wildman–Crippen MR) is 105 cm³/mol. The number of piperazine rings is 1. The summed E-state index contributed by atoms with van der Waals surface area (Å²) in [6.07, 6.45) is 5.65. The summed E-state index contributed by atoms with van der Waals surface area (Å²) in [5, 5.41) is 0. The van der Waals surface area contributed by atoms with E-state index in [0.29, 0.717) is 18.2 Å². The molecule has 3 aliphatic rings. The van der Waals surface area contributed by atoms with Crippen LogP contribution in [0.5, 0.6) is 0 Å². The number of piperidine rings is 1. The van der Waals surface area contributed by atoms with Crippen LogP contribution in [0.1, 0.15) is 53.4 Å². The first-order chi connectivity index (χ1) is 12.0. The molecule has 0 bridgehead atoms. The van der Waals surface area contributed by atoms with Crippen LogP contribution in [-0.4, -0.2) is 85.3 Å². The molecule has 0 spiro atoms. The molecule has 5 unspecified atom stereocenters. The fourth-order valence-corrected chi connectivity index (χ4v) is 5.46. The van der Waals surface area contributed by atoms with Gasteiger partial charge >= 0.3 is 0 Å². The van der Waals surface area contributed by atoms with Gasteiger partial charge in [-0.25, -0.2) is 0 Å². The van der Waals surface area contributed by atoms with Crippen LogP contribution < -0.4 is 0 Å². The fourth-order valence-electron chi connectivity index (χ4n) is 5.46. The second-order valence-electron chi connectivity index (χ2n) is 9.19. The van der Waals surface area contributed by atoms with Crippen LogP contribution in [0.25, 0.3) is 0 Å². The zero-order valence-corrected chi connectivity index (χ0v) is 17.3. The van der Waals surface area contributed by atoms with Gasteiger partial charge in [-0.1, -0.05) is 13.8 Å². The SMILES string of the molecule is CCN1CCN(C)CC1C1CCC(C2CC(C)CCO2)N(C(C)C)C1. The van der Waals surface area contributed by atoms with E-state index >= 15 is 0 Å². The third-order valence-electron chi connectivity index (χ3n) is 7.06. The second-order valence-corrected chi connectivity index (χ2v) is 9.19. The first-order valence-corrected chi connectivity index (χ1v) is 10.8. The Balaban J connectivity index is 1.68. The van der Waals surface area contributed by atoms with Crippen molar-refractivity contribution in [2.45, 2.75) is 77.6 Å². The molecule has 4 heteroatoms. The van der Waals surface area contributed by atoms with Gasteiger partial charge in [-0.05, 0) is 65.0 Å². The standard InChI is InChI=1S/C21H41N3O/c1-6-23-11-10-22(5)15-20(23)18-7-8-19(24(14-18)16(2)3)21-13-17(4)9-12-25-21/h16-21H,6-15H2,1-5H3. The highest BCUT2D eigenvalue weighted by atomic mass is 16.5. The summed E-state index contributed by atoms with van der Waals surface area (Å²) >= 11 is 0. The van der Waals surface area contributed by atoms with E-state index in [1.54, 1.807) is 0 Å². The van der Waals surface area contributed by atoms with Crippen LogP contribution in [0.3, 0.4) is 0 Å². The number of rotatable bonds is 4. The average Bonchev–Trinajstić information content (AvgIpc) is 2.61. The first kappa shape index (κ1) is 19.6. The predicted octanol–water partition coefficient (Wildman–Crippen LogP) is 2.93. The van der Waals surface area contributed by atoms with Gasteiger partial charge < -0.3 is 9.64 Å². The molecule has 0 aromatic carbocycles. The topological polar surface area (TPSA) is 19.0 Å². The Morgan fingerprint density at radius 2 is 1.84 bits per heavy atom. The molecular weight excluding hydrogens is 310 g/mol. The molecule has 25 heavy (non-hydrogen) atoms. The Bertz CT molecular complexity index is 416. The number of hydrogen-bond acceptors (Lipinski definition) is 4. The van der Waals surface area contributed by atoms with Gasteiger partial charge in [0.1, 0.15) is 0 Å². The molecule has 146 valence electrons. The van der Waals surface area contributed by atoms with Crippen molar-refractivity contribution in [1.82, 2.24) is 14.7 Å². The van der Waals surface area contributed by atoms with Gasteiger partial charge in [0.2, 0.25) is 0 Å². The minimum Gasteiger partial charge on any atom is -0.377 e. The third-order valence-corrected chi connectivity index (χ3v) is 7.06. The normalized spacial score (nSPS) is 39.8. The lowest BCUT2D eigenvalue weighted by atomic mass is 9.81. The van der Waals surface area contributed by atoms with Crippen molar-refractivity contribution < 1.29 is 4.74 Å². The van der Waals surface area contributed by atoms with Gasteiger partial charge in [0.15, 0.2) is 0 Å². The first-order valence-electron chi connectivity index (χ1n) is 10.8. The molecule has 4 nitrogen and oxygen atoms in total. The maximum atomic E-state index is 6.25. The second kappa shape index (κ2) is 8.69. The van der Waals surface area contributed by atoms with Gasteiger partial charge in [0, 0.05) is 50.9 Å². The molecule has 3 aliphatic heterocycles. The van der Waals surface area contributed by atoms with E-state index in [4.69, 9.17) is 4.74 Å². The van der Waals surface area contributed by atoms with E-state index in [0.717, 1.165) is 24.5 Å². The van der Waals surface area contributed by atoms with E-state index in [-0.39, 0.29) is 0 Å². The van der Waals surface area contributed by atoms with Crippen LogP contribution >= 0.6 is 0 Å². The van der Waals surface area contributed by atoms with E-state index in [1.165, 1.54) is 58.4 Å². The number of nitrogens with zero attached hydrogens (tertiary/aromatic N) is 3. The van der Waals surface area contributed by atoms with Crippen LogP contribution in [0.15, 0.2) is 0 Å². The molecule has 3 fully saturated rings. The zero-order valence-electron chi connectivity index (χ0n) is 17.3. The molecule has 0 amide bonds. The van der Waals surface area contributed by atoms with Gasteiger partial charge in [-0.15, -0.1) is 0 Å². The van der Waals surface area contributed by atoms with Crippen molar-refractivity contribution in [2.75, 3.05) is 46.4 Å². The van der Waals surface area contributed by atoms with Crippen molar-refractivity contribution in [1.29, 1.82) is 0 Å². The van der Waals surface area contributed by atoms with Crippen molar-refractivity contribution in [2.24, 2.45) is 11.8 Å². The summed E-state index contributed by atoms with van der Waals surface area (Å²) in [6, 6.07) is 1.98. The number of likely N-dealkylation sites (tertiary alicyclic amines) is 1. The van der Waals surface area contributed by atoms with E-state index in [1.807, 2.05) is 0 Å². The van der Waals surface area contributed by atoms with Crippen molar-refractivity contribution in [3.05, 3.63) is 0 Å². The summed E-state index contributed by atoms with van der Waals surface area (Å²) in [4.78, 5) is 8.07. The third kappa shape index (κ3) is 4.58. The smallest absolute Gasteiger partial charge is 0.0732 e. The summed E-state index contributed by atoms with van der Waals surface area (Å²) in [5.41, 5.74) is 0. The Morgan fingerprint density at radius 1 is 1.04 bits per heavy atom. The number of likely N-dealkylation sites (N-methyl/N-ethyl adjacent to an activating group) is 2. The summed E-state index contributed by atoms with van der Waals surface area (Å²) in [7, 11) is 2.29. The lowest BCUT2D eigenvalue weighted by molar-refractivity contribution is -0.0898. The van der Waals surface area contributed by atoms with E-state index in [9.17, 15) is 0 Å². The molecule has 0 radical (unpaired) electrons. The van der Waals surface area contributed by atoms with Crippen LogP contribution in [0.2, 0.25) is 0 Å². The Morgan fingerprint density at radius 3 is 2.52 bits per heavy atom. The Kier molecular flexibility index (Phi) is 6.81. The quantitative estimate of drug-likeness (QED) is 0.775. The molecule has 0 saturated carbocycles. The van der Waals surface area contributed by atoms with E-state index < -0.39 is 0 Å². The molecule has 3 rings (SSSR count). The molecule has 0 aliphatic carbocycles. The van der Waals surface area contributed by atoms with Crippen LogP contribution in [0.4, 0.5) is 0 Å². The molecule has 0 aromatic heterocycles. The van der Waals surface area contributed by atoms with Gasteiger partial charge in [-0.2, -0.15) is 0 Å². The van der Waals surface area contributed by atoms with Crippen molar-refractivity contribution >= 4 is 0 Å². The molecule has 0 N–H and O–H groups in total. The average molecular weight is 352 g/mol. The maximum absolute atomic E-state index is 6.25. The van der Waals surface area contributed by atoms with Gasteiger partial charge in [0.25, 0.3) is 0 Å². The molecule has 0 aromatic rings. The highest BCUT2D eigenvalue weighted by Gasteiger charge is 2.41. The Labute approximate surface area is 155 Å². The fraction of sp³-hybridized carbons (Fsp3) is 1.00. The molecular formula is C21H41N3O. The molecule has 3 heterocycles. The van der Waals surface area contributed by atoms with E-state index in [2.05, 4.69) is 49.4 Å². The van der Waals surface area contributed by atoms with Crippen LogP contribution in [0, 0.1) is 11.8 Å². The molecule has 5 atom stereocenters. The monoisotopic (exact) mass is 351 g/mol. The van der Waals surface area contributed by atoms with Crippen LogP contribution in [-0.2, 0) is 4.74 Å². The van der Waals surface area contributed by atoms with Gasteiger partial charge in [-0.3, -0.25) is 9.80 Å². The van der Waals surface area contributed by atoms with Gasteiger partial charge in [0.05, 0.1) is 6.10 Å². The van der Waals surface area contributed by atoms with Crippen molar-refractivity contribution in [3.8, 4) is 0 Å². The number of ether oxygens (including phenoxy) is 1. The van der Waals surface area contributed by atoms with Crippen molar-refractivity contribution in [3.63, 3.8) is 0 Å². The maximum Gasteiger partial charge on any atom is 0.0732 e. The minimum absolute atomic E-state index is 0.461. The highest BCUT2D eigenvalue weighted by molar-refractivity contribution is 4.95. The lowest BCUT2D eigenvalue weighted by Crippen LogP contribution is -2.61. The number of hydrogen-bond donors (Lipinski definition) is 0. The molecule has 3 saturated heterocycles.